The minimum atomic E-state index is -0.654. The molecule has 6 nitrogen and oxygen atoms in total. The fourth-order valence-corrected chi connectivity index (χ4v) is 2.63. The van der Waals surface area contributed by atoms with E-state index in [9.17, 15) is 14.4 Å². The van der Waals surface area contributed by atoms with Crippen LogP contribution in [0.3, 0.4) is 0 Å². The molecule has 0 aliphatic heterocycles. The van der Waals surface area contributed by atoms with Gasteiger partial charge in [0.15, 0.2) is 0 Å². The second-order valence-corrected chi connectivity index (χ2v) is 6.35. The first kappa shape index (κ1) is 17.7. The van der Waals surface area contributed by atoms with Crippen LogP contribution >= 0.6 is 0 Å². The number of carbonyl (C=O) groups excluding carboxylic acids is 1. The summed E-state index contributed by atoms with van der Waals surface area (Å²) in [6.07, 6.45) is 0. The van der Waals surface area contributed by atoms with Crippen LogP contribution in [0, 0.1) is 13.8 Å². The molecule has 2 aromatic rings. The molecule has 1 N–H and O–H groups in total. The van der Waals surface area contributed by atoms with Crippen LogP contribution in [0.2, 0.25) is 0 Å². The Kier molecular flexibility index (Phi) is 5.07. The Labute approximate surface area is 140 Å². The number of hydrogen-bond acceptors (Lipinski definition) is 4. The van der Waals surface area contributed by atoms with Gasteiger partial charge in [0.25, 0.3) is 5.56 Å². The van der Waals surface area contributed by atoms with Gasteiger partial charge in [0.05, 0.1) is 12.1 Å². The van der Waals surface area contributed by atoms with Gasteiger partial charge in [-0.2, -0.15) is 0 Å². The van der Waals surface area contributed by atoms with Crippen molar-refractivity contribution in [3.63, 3.8) is 0 Å². The number of benzene rings is 1. The first-order valence-corrected chi connectivity index (χ1v) is 7.81. The van der Waals surface area contributed by atoms with Gasteiger partial charge in [0, 0.05) is 0 Å². The van der Waals surface area contributed by atoms with Crippen molar-refractivity contribution in [1.82, 2.24) is 9.55 Å². The molecule has 1 heterocycles. The lowest BCUT2D eigenvalue weighted by Crippen LogP contribution is -2.39. The topological polar surface area (TPSA) is 81.2 Å². The van der Waals surface area contributed by atoms with E-state index in [0.717, 1.165) is 15.7 Å². The molecule has 0 aliphatic carbocycles. The molecular formula is C18H22N2O4. The molecule has 24 heavy (non-hydrogen) atoms. The number of nitrogens with zero attached hydrogens (tertiary/aromatic N) is 1. The predicted molar refractivity (Wildman–Crippen MR) is 92.1 cm³/mol. The van der Waals surface area contributed by atoms with Crippen molar-refractivity contribution in [3.05, 3.63) is 55.7 Å². The molecule has 0 radical (unpaired) electrons. The minimum Gasteiger partial charge on any atom is -0.440 e. The zero-order valence-electron chi connectivity index (χ0n) is 14.6. The van der Waals surface area contributed by atoms with Crippen LogP contribution in [0.4, 0.5) is 0 Å². The highest BCUT2D eigenvalue weighted by atomic mass is 16.5. The van der Waals surface area contributed by atoms with E-state index in [2.05, 4.69) is 4.98 Å². The van der Waals surface area contributed by atoms with Gasteiger partial charge in [-0.15, -0.1) is 0 Å². The summed E-state index contributed by atoms with van der Waals surface area (Å²) >= 11 is 0. The maximum Gasteiger partial charge on any atom is 0.331 e. The van der Waals surface area contributed by atoms with Gasteiger partial charge < -0.3 is 4.74 Å². The summed E-state index contributed by atoms with van der Waals surface area (Å²) in [7, 11) is 0. The lowest BCUT2D eigenvalue weighted by molar-refractivity contribution is -0.117. The lowest BCUT2D eigenvalue weighted by atomic mass is 10.1. The van der Waals surface area contributed by atoms with Gasteiger partial charge in [-0.3, -0.25) is 19.1 Å². The van der Waals surface area contributed by atoms with E-state index in [1.807, 2.05) is 45.9 Å². The van der Waals surface area contributed by atoms with E-state index < -0.39 is 11.2 Å². The van der Waals surface area contributed by atoms with Crippen LogP contribution in [0.25, 0.3) is 0 Å². The first-order valence-electron chi connectivity index (χ1n) is 7.81. The second kappa shape index (κ2) is 6.86. The number of hydrogen-bond donors (Lipinski definition) is 1. The number of nitrogens with one attached hydrogen (secondary N) is 1. The molecule has 0 bridgehead atoms. The molecular weight excluding hydrogens is 308 g/mol. The maximum atomic E-state index is 12.6. The predicted octanol–water partition coefficient (Wildman–Crippen LogP) is 2.66. The van der Waals surface area contributed by atoms with Crippen molar-refractivity contribution in [2.24, 2.45) is 0 Å². The number of H-pyrrole nitrogens is 1. The van der Waals surface area contributed by atoms with Crippen LogP contribution in [-0.2, 0) is 11.3 Å². The second-order valence-electron chi connectivity index (χ2n) is 6.35. The van der Waals surface area contributed by atoms with E-state index in [-0.39, 0.29) is 24.1 Å². The fraction of sp³-hybridized carbons (Fsp3) is 0.389. The lowest BCUT2D eigenvalue weighted by Gasteiger charge is -2.15. The SMILES string of the molecule is CC(=O)Cn1c(=O)[nH]c(Oc2cc(C)cc(C)c2)c(C(C)C)c1=O. The number of carbonyl (C=O) groups is 1. The molecule has 1 aromatic heterocycles. The van der Waals surface area contributed by atoms with Crippen LogP contribution in [0.15, 0.2) is 27.8 Å². The Bertz CT molecular complexity index is 871. The molecule has 0 fully saturated rings. The Balaban J connectivity index is 2.59. The number of aromatic amines is 1. The average molecular weight is 330 g/mol. The fourth-order valence-electron chi connectivity index (χ4n) is 2.63. The van der Waals surface area contributed by atoms with Crippen molar-refractivity contribution in [1.29, 1.82) is 0 Å². The summed E-state index contributed by atoms with van der Waals surface area (Å²) < 4.78 is 6.71. The number of ether oxygens (including phenoxy) is 1. The average Bonchev–Trinajstić information content (AvgIpc) is 2.41. The maximum absolute atomic E-state index is 12.6. The summed E-state index contributed by atoms with van der Waals surface area (Å²) in [4.78, 5) is 38.7. The van der Waals surface area contributed by atoms with Crippen LogP contribution in [-0.4, -0.2) is 15.3 Å². The summed E-state index contributed by atoms with van der Waals surface area (Å²) in [6.45, 7) is 8.63. The molecule has 0 saturated carbocycles. The van der Waals surface area contributed by atoms with Crippen LogP contribution < -0.4 is 16.0 Å². The van der Waals surface area contributed by atoms with E-state index in [1.165, 1.54) is 6.92 Å². The molecule has 0 amide bonds. The Morgan fingerprint density at radius 2 is 1.75 bits per heavy atom. The third kappa shape index (κ3) is 3.82. The van der Waals surface area contributed by atoms with Crippen molar-refractivity contribution >= 4 is 5.78 Å². The third-order valence-electron chi connectivity index (χ3n) is 3.56. The van der Waals surface area contributed by atoms with Gasteiger partial charge in [0.2, 0.25) is 5.88 Å². The molecule has 0 atom stereocenters. The monoisotopic (exact) mass is 330 g/mol. The molecule has 0 unspecified atom stereocenters. The van der Waals surface area contributed by atoms with E-state index in [1.54, 1.807) is 0 Å². The van der Waals surface area contributed by atoms with E-state index >= 15 is 0 Å². The Morgan fingerprint density at radius 1 is 1.17 bits per heavy atom. The standard InChI is InChI=1S/C18H22N2O4/c1-10(2)15-16(24-14-7-11(3)6-12(4)8-14)19-18(23)20(17(15)22)9-13(5)21/h6-8,10H,9H2,1-5H3,(H,19,23). The number of aromatic nitrogens is 2. The molecule has 0 saturated heterocycles. The Morgan fingerprint density at radius 3 is 2.25 bits per heavy atom. The number of aryl methyl sites for hydroxylation is 2. The van der Waals surface area contributed by atoms with E-state index in [4.69, 9.17) is 4.74 Å². The highest BCUT2D eigenvalue weighted by Crippen LogP contribution is 2.26. The van der Waals surface area contributed by atoms with Gasteiger partial charge in [-0.1, -0.05) is 19.9 Å². The first-order chi connectivity index (χ1) is 11.2. The van der Waals surface area contributed by atoms with Gasteiger partial charge in [-0.25, -0.2) is 4.79 Å². The van der Waals surface area contributed by atoms with Crippen molar-refractivity contribution < 1.29 is 9.53 Å². The molecule has 0 aliphatic rings. The molecule has 0 spiro atoms. The summed E-state index contributed by atoms with van der Waals surface area (Å²) in [5.74, 6) is 0.243. The third-order valence-corrected chi connectivity index (χ3v) is 3.56. The molecule has 1 aromatic carbocycles. The smallest absolute Gasteiger partial charge is 0.331 e. The quantitative estimate of drug-likeness (QED) is 0.914. The molecule has 128 valence electrons. The van der Waals surface area contributed by atoms with Crippen molar-refractivity contribution in [3.8, 4) is 11.6 Å². The summed E-state index contributed by atoms with van der Waals surface area (Å²) in [5.41, 5.74) is 1.23. The number of ketones is 1. The van der Waals surface area contributed by atoms with Crippen LogP contribution in [0.1, 0.15) is 43.4 Å². The zero-order chi connectivity index (χ0) is 18.0. The molecule has 6 heteroatoms. The Hall–Kier alpha value is -2.63. The highest BCUT2D eigenvalue weighted by molar-refractivity contribution is 5.75. The van der Waals surface area contributed by atoms with Gasteiger partial charge in [0.1, 0.15) is 11.5 Å². The van der Waals surface area contributed by atoms with Gasteiger partial charge >= 0.3 is 5.69 Å². The molecule has 2 rings (SSSR count). The van der Waals surface area contributed by atoms with Crippen molar-refractivity contribution in [2.75, 3.05) is 0 Å². The number of Topliss-reactive ketones (excluding diaryl/α,β-unsaturated/α-hetero) is 1. The minimum absolute atomic E-state index is 0.129. The van der Waals surface area contributed by atoms with E-state index in [0.29, 0.717) is 11.3 Å². The largest absolute Gasteiger partial charge is 0.440 e. The van der Waals surface area contributed by atoms with Crippen molar-refractivity contribution in [2.45, 2.75) is 47.1 Å². The normalized spacial score (nSPS) is 10.9. The number of rotatable bonds is 5. The van der Waals surface area contributed by atoms with Gasteiger partial charge in [-0.05, 0) is 49.9 Å². The zero-order valence-corrected chi connectivity index (χ0v) is 14.6. The van der Waals surface area contributed by atoms with Crippen LogP contribution in [0.5, 0.6) is 11.6 Å². The summed E-state index contributed by atoms with van der Waals surface area (Å²) in [5, 5.41) is 0. The summed E-state index contributed by atoms with van der Waals surface area (Å²) in [6, 6.07) is 5.66. The highest BCUT2D eigenvalue weighted by Gasteiger charge is 2.19.